The number of rotatable bonds is 11. The van der Waals surface area contributed by atoms with Crippen LogP contribution in [-0.2, 0) is 4.79 Å². The van der Waals surface area contributed by atoms with Gasteiger partial charge in [-0.15, -0.1) is 0 Å². The topological polar surface area (TPSA) is 29.1 Å². The van der Waals surface area contributed by atoms with Crippen molar-refractivity contribution in [2.75, 3.05) is 25.0 Å². The summed E-state index contributed by atoms with van der Waals surface area (Å²) < 4.78 is 0. The van der Waals surface area contributed by atoms with Gasteiger partial charge in [-0.1, -0.05) is 60.7 Å². The summed E-state index contributed by atoms with van der Waals surface area (Å²) in [4.78, 5) is 11.4. The lowest BCUT2D eigenvalue weighted by atomic mass is 10.2. The highest BCUT2D eigenvalue weighted by atomic mass is 31.1. The van der Waals surface area contributed by atoms with Crippen molar-refractivity contribution in [2.45, 2.75) is 26.2 Å². The highest BCUT2D eigenvalue weighted by molar-refractivity contribution is 7.73. The third-order valence-corrected chi connectivity index (χ3v) is 8.68. The molecule has 1 N–H and O–H groups in total. The van der Waals surface area contributed by atoms with Gasteiger partial charge < -0.3 is 5.32 Å². The molecule has 1 amide bonds. The Morgan fingerprint density at radius 1 is 0.920 bits per heavy atom. The van der Waals surface area contributed by atoms with E-state index in [9.17, 15) is 4.79 Å². The Balaban J connectivity index is 1.75. The summed E-state index contributed by atoms with van der Waals surface area (Å²) in [5, 5.41) is 5.84. The molecule has 2 aromatic carbocycles. The maximum absolute atomic E-state index is 11.4. The van der Waals surface area contributed by atoms with Crippen LogP contribution in [0.4, 0.5) is 0 Å². The quantitative estimate of drug-likeness (QED) is 0.470. The van der Waals surface area contributed by atoms with Crippen LogP contribution in [0.3, 0.4) is 0 Å². The third kappa shape index (κ3) is 7.68. The van der Waals surface area contributed by atoms with Crippen LogP contribution >= 0.6 is 16.5 Å². The number of unbranched alkanes of at least 4 members (excludes halogenated alkanes) is 1. The van der Waals surface area contributed by atoms with Crippen molar-refractivity contribution in [2.24, 2.45) is 0 Å². The van der Waals surface area contributed by atoms with E-state index in [1.807, 2.05) is 6.92 Å². The van der Waals surface area contributed by atoms with E-state index in [1.165, 1.54) is 35.5 Å². The molecule has 1 unspecified atom stereocenters. The first-order valence-corrected chi connectivity index (χ1v) is 12.4. The van der Waals surface area contributed by atoms with Gasteiger partial charge in [0.15, 0.2) is 0 Å². The average Bonchev–Trinajstić information content (AvgIpc) is 2.65. The number of nitrogens with one attached hydrogen (secondary N) is 1. The molecule has 2 aromatic rings. The van der Waals surface area contributed by atoms with Crippen LogP contribution < -0.4 is 15.9 Å². The lowest BCUT2D eigenvalue weighted by Crippen LogP contribution is -2.22. The van der Waals surface area contributed by atoms with E-state index in [4.69, 9.17) is 0 Å². The Kier molecular flexibility index (Phi) is 9.78. The number of carbonyl (C=O) groups excluding carboxylic acids is 1. The molecular formula is C21H30NOP2+. The SMILES string of the molecule is CCNC(=O)CCCC[PH2+]CCP(c1ccccc1)c1ccccc1. The summed E-state index contributed by atoms with van der Waals surface area (Å²) in [6.07, 6.45) is 6.86. The summed E-state index contributed by atoms with van der Waals surface area (Å²) in [5.74, 6) is 0.203. The molecule has 0 saturated carbocycles. The second-order valence-corrected chi connectivity index (χ2v) is 10.2. The lowest BCUT2D eigenvalue weighted by molar-refractivity contribution is -0.121. The average molecular weight is 374 g/mol. The van der Waals surface area contributed by atoms with Crippen molar-refractivity contribution in [1.82, 2.24) is 5.32 Å². The molecule has 0 aliphatic rings. The van der Waals surface area contributed by atoms with E-state index in [0.717, 1.165) is 13.0 Å². The van der Waals surface area contributed by atoms with E-state index < -0.39 is 0 Å². The zero-order valence-corrected chi connectivity index (χ0v) is 17.2. The van der Waals surface area contributed by atoms with Gasteiger partial charge in [-0.05, 0) is 46.9 Å². The Hall–Kier alpha value is -1.23. The minimum atomic E-state index is -0.234. The van der Waals surface area contributed by atoms with Gasteiger partial charge in [0.25, 0.3) is 0 Å². The van der Waals surface area contributed by atoms with Gasteiger partial charge in [0.1, 0.15) is 0 Å². The molecule has 0 bridgehead atoms. The molecule has 0 spiro atoms. The fourth-order valence-corrected chi connectivity index (χ4v) is 7.36. The van der Waals surface area contributed by atoms with Gasteiger partial charge in [-0.25, -0.2) is 0 Å². The largest absolute Gasteiger partial charge is 0.356 e. The Morgan fingerprint density at radius 2 is 1.52 bits per heavy atom. The van der Waals surface area contributed by atoms with E-state index in [0.29, 0.717) is 15.0 Å². The van der Waals surface area contributed by atoms with Crippen LogP contribution in [0.1, 0.15) is 26.2 Å². The molecular weight excluding hydrogens is 344 g/mol. The molecule has 4 heteroatoms. The third-order valence-electron chi connectivity index (χ3n) is 4.13. The van der Waals surface area contributed by atoms with Crippen molar-refractivity contribution >= 4 is 33.0 Å². The fraction of sp³-hybridized carbons (Fsp3) is 0.381. The van der Waals surface area contributed by atoms with Gasteiger partial charge in [-0.2, -0.15) is 0 Å². The fourth-order valence-electron chi connectivity index (χ4n) is 2.85. The lowest BCUT2D eigenvalue weighted by Gasteiger charge is -2.17. The standard InChI is InChI=1S/C21H29NOP2/c1-2-22-21(23)15-9-10-16-24-17-18-25(19-11-5-3-6-12-19)20-13-7-4-8-14-20/h3-8,11-14,24H,2,9-10,15-18H2,1H3,(H,22,23)/p+1. The van der Waals surface area contributed by atoms with Crippen LogP contribution in [0.5, 0.6) is 0 Å². The highest BCUT2D eigenvalue weighted by Crippen LogP contribution is 2.35. The van der Waals surface area contributed by atoms with Crippen LogP contribution in [0, 0.1) is 0 Å². The monoisotopic (exact) mass is 374 g/mol. The number of hydrogen-bond acceptors (Lipinski definition) is 1. The van der Waals surface area contributed by atoms with E-state index >= 15 is 0 Å². The predicted octanol–water partition coefficient (Wildman–Crippen LogP) is 3.84. The molecule has 0 saturated heterocycles. The molecule has 0 fully saturated rings. The molecule has 0 radical (unpaired) electrons. The Bertz CT molecular complexity index is 564. The molecule has 1 atom stereocenters. The van der Waals surface area contributed by atoms with Crippen LogP contribution in [0.25, 0.3) is 0 Å². The van der Waals surface area contributed by atoms with E-state index in [1.54, 1.807) is 0 Å². The second kappa shape index (κ2) is 12.2. The maximum atomic E-state index is 11.4. The van der Waals surface area contributed by atoms with Crippen molar-refractivity contribution in [1.29, 1.82) is 0 Å². The summed E-state index contributed by atoms with van der Waals surface area (Å²) in [5.41, 5.74) is 0. The molecule has 25 heavy (non-hydrogen) atoms. The molecule has 0 aliphatic heterocycles. The van der Waals surface area contributed by atoms with Crippen LogP contribution in [0.15, 0.2) is 60.7 Å². The van der Waals surface area contributed by atoms with Crippen molar-refractivity contribution in [3.8, 4) is 0 Å². The summed E-state index contributed by atoms with van der Waals surface area (Å²) in [6, 6.07) is 21.9. The summed E-state index contributed by atoms with van der Waals surface area (Å²) in [6.45, 7) is 2.71. The minimum absolute atomic E-state index is 0.203. The van der Waals surface area contributed by atoms with Gasteiger partial charge in [0.05, 0.1) is 12.3 Å². The first kappa shape index (κ1) is 20.1. The molecule has 0 aliphatic carbocycles. The van der Waals surface area contributed by atoms with Crippen molar-refractivity contribution in [3.63, 3.8) is 0 Å². The number of amides is 1. The molecule has 0 aromatic heterocycles. The first-order valence-electron chi connectivity index (χ1n) is 9.27. The van der Waals surface area contributed by atoms with Gasteiger partial charge >= 0.3 is 0 Å². The van der Waals surface area contributed by atoms with Crippen LogP contribution in [-0.4, -0.2) is 30.9 Å². The number of hydrogen-bond donors (Lipinski definition) is 1. The zero-order valence-electron chi connectivity index (χ0n) is 15.2. The number of carbonyl (C=O) groups is 1. The normalized spacial score (nSPS) is 11.3. The smallest absolute Gasteiger partial charge is 0.219 e. The van der Waals surface area contributed by atoms with Crippen molar-refractivity contribution in [3.05, 3.63) is 60.7 Å². The van der Waals surface area contributed by atoms with Gasteiger partial charge in [0, 0.05) is 19.1 Å². The van der Waals surface area contributed by atoms with Gasteiger partial charge in [-0.3, -0.25) is 4.79 Å². The van der Waals surface area contributed by atoms with E-state index in [2.05, 4.69) is 66.0 Å². The Labute approximate surface area is 155 Å². The molecule has 2 rings (SSSR count). The van der Waals surface area contributed by atoms with E-state index in [-0.39, 0.29) is 13.8 Å². The Morgan fingerprint density at radius 3 is 2.08 bits per heavy atom. The molecule has 0 heterocycles. The highest BCUT2D eigenvalue weighted by Gasteiger charge is 2.14. The second-order valence-electron chi connectivity index (χ2n) is 6.10. The molecule has 2 nitrogen and oxygen atoms in total. The van der Waals surface area contributed by atoms with Gasteiger partial charge in [0.2, 0.25) is 5.91 Å². The number of benzene rings is 2. The maximum Gasteiger partial charge on any atom is 0.219 e. The minimum Gasteiger partial charge on any atom is -0.356 e. The van der Waals surface area contributed by atoms with Crippen molar-refractivity contribution < 1.29 is 4.79 Å². The zero-order chi connectivity index (χ0) is 17.7. The first-order chi connectivity index (χ1) is 12.3. The molecule has 134 valence electrons. The van der Waals surface area contributed by atoms with Crippen LogP contribution in [0.2, 0.25) is 0 Å². The summed E-state index contributed by atoms with van der Waals surface area (Å²) in [7, 11) is 0.261. The summed E-state index contributed by atoms with van der Waals surface area (Å²) >= 11 is 0. The predicted molar refractivity (Wildman–Crippen MR) is 116 cm³/mol.